The van der Waals surface area contributed by atoms with Crippen LogP contribution < -0.4 is 0 Å². The molecule has 1 N–H and O–H groups in total. The number of aromatic hydroxyl groups is 1. The molecule has 2 aromatic rings. The monoisotopic (exact) mass is 366 g/mol. The summed E-state index contributed by atoms with van der Waals surface area (Å²) >= 11 is 0. The molecule has 1 aliphatic carbocycles. The lowest BCUT2D eigenvalue weighted by atomic mass is 9.48. The van der Waals surface area contributed by atoms with Crippen molar-refractivity contribution in [3.63, 3.8) is 0 Å². The Morgan fingerprint density at radius 1 is 0.963 bits per heavy atom. The van der Waals surface area contributed by atoms with Crippen LogP contribution in [-0.4, -0.2) is 17.3 Å². The molecule has 142 valence electrons. The molecule has 3 atom stereocenters. The summed E-state index contributed by atoms with van der Waals surface area (Å²) in [6.07, 6.45) is 4.12. The maximum atomic E-state index is 10.1. The number of phenols is 1. The van der Waals surface area contributed by atoms with Gasteiger partial charge in [0.2, 0.25) is 0 Å². The highest BCUT2D eigenvalue weighted by Crippen LogP contribution is 2.74. The minimum atomic E-state index is -0.968. The molecule has 2 aliphatic heterocycles. The van der Waals surface area contributed by atoms with E-state index >= 15 is 0 Å². The van der Waals surface area contributed by atoms with E-state index in [4.69, 9.17) is 14.5 Å². The second kappa shape index (κ2) is 5.57. The van der Waals surface area contributed by atoms with Gasteiger partial charge in [0.1, 0.15) is 5.75 Å². The van der Waals surface area contributed by atoms with Crippen LogP contribution in [0.2, 0.25) is 0 Å². The Morgan fingerprint density at radius 2 is 1.78 bits per heavy atom. The van der Waals surface area contributed by atoms with Gasteiger partial charge in [0.15, 0.2) is 5.60 Å². The average molecular weight is 366 g/mol. The number of rotatable bonds is 3. The predicted octanol–water partition coefficient (Wildman–Crippen LogP) is 4.72. The van der Waals surface area contributed by atoms with Gasteiger partial charge in [-0.3, -0.25) is 0 Å². The van der Waals surface area contributed by atoms with Crippen LogP contribution in [0.5, 0.6) is 5.75 Å². The van der Waals surface area contributed by atoms with Gasteiger partial charge >= 0.3 is 0 Å². The van der Waals surface area contributed by atoms with Crippen LogP contribution in [0, 0.1) is 10.8 Å². The van der Waals surface area contributed by atoms with Crippen molar-refractivity contribution in [2.45, 2.75) is 50.9 Å². The fourth-order valence-corrected chi connectivity index (χ4v) is 5.97. The van der Waals surface area contributed by atoms with Crippen molar-refractivity contribution in [1.29, 1.82) is 0 Å². The van der Waals surface area contributed by atoms with Crippen molar-refractivity contribution in [3.8, 4) is 5.75 Å². The zero-order valence-electron chi connectivity index (χ0n) is 15.9. The Morgan fingerprint density at radius 3 is 2.48 bits per heavy atom. The molecule has 0 unspecified atom stereocenters. The van der Waals surface area contributed by atoms with E-state index in [9.17, 15) is 5.11 Å². The molecule has 0 aromatic heterocycles. The van der Waals surface area contributed by atoms with Crippen molar-refractivity contribution in [1.82, 2.24) is 0 Å². The first-order valence-corrected chi connectivity index (χ1v) is 9.79. The summed E-state index contributed by atoms with van der Waals surface area (Å²) < 4.78 is 6.47. The molecule has 0 radical (unpaired) electrons. The highest BCUT2D eigenvalue weighted by Gasteiger charge is 2.84. The van der Waals surface area contributed by atoms with Crippen molar-refractivity contribution in [2.75, 3.05) is 6.61 Å². The largest absolute Gasteiger partial charge is 0.508 e. The first-order chi connectivity index (χ1) is 12.9. The van der Waals surface area contributed by atoms with Gasteiger partial charge in [-0.15, -0.1) is 0 Å². The topological polar surface area (TPSA) is 47.9 Å². The maximum absolute atomic E-state index is 10.1. The molecule has 5 rings (SSSR count). The first-order valence-electron chi connectivity index (χ1n) is 9.79. The molecule has 2 aromatic carbocycles. The quantitative estimate of drug-likeness (QED) is 0.799. The fraction of sp³-hybridized carbons (Fsp3) is 0.478. The van der Waals surface area contributed by atoms with Gasteiger partial charge in [-0.1, -0.05) is 62.7 Å². The number of phenolic OH excluding ortho intramolecular Hbond substituents is 1. The Labute approximate surface area is 160 Å². The summed E-state index contributed by atoms with van der Waals surface area (Å²) in [4.78, 5) is 11.9. The predicted molar refractivity (Wildman–Crippen MR) is 101 cm³/mol. The standard InChI is InChI=1S/C23H26O4/c1-20(2)12-7-13-21(15-17-8-4-3-5-9-17)16-25-22(23(20,21)27-26-22)18-10-6-11-19(24)14-18/h3-6,8-11,14,24H,7,12-13,15-16H2,1-2H3/t21-,22+,23+/m1/s1. The molecule has 1 saturated carbocycles. The molecule has 4 heteroatoms. The molecule has 3 aliphatic rings. The summed E-state index contributed by atoms with van der Waals surface area (Å²) in [7, 11) is 0. The van der Waals surface area contributed by atoms with Gasteiger partial charge in [0.25, 0.3) is 5.79 Å². The lowest BCUT2D eigenvalue weighted by molar-refractivity contribution is -0.631. The lowest BCUT2D eigenvalue weighted by Gasteiger charge is -2.65. The smallest absolute Gasteiger partial charge is 0.261 e. The summed E-state index contributed by atoms with van der Waals surface area (Å²) in [6, 6.07) is 17.8. The van der Waals surface area contributed by atoms with E-state index in [0.717, 1.165) is 31.2 Å². The summed E-state index contributed by atoms with van der Waals surface area (Å²) in [5.41, 5.74) is 1.24. The van der Waals surface area contributed by atoms with E-state index in [-0.39, 0.29) is 16.6 Å². The van der Waals surface area contributed by atoms with E-state index in [1.807, 2.05) is 18.2 Å². The maximum Gasteiger partial charge on any atom is 0.261 e. The van der Waals surface area contributed by atoms with E-state index in [2.05, 4.69) is 38.1 Å². The van der Waals surface area contributed by atoms with Crippen molar-refractivity contribution < 1.29 is 19.6 Å². The SMILES string of the molecule is CC1(C)CCC[C@@]2(Cc3ccccc3)CO[C@@]3(c4cccc(O)c4)OO[C@@]123. The Bertz CT molecular complexity index is 864. The fourth-order valence-electron chi connectivity index (χ4n) is 5.97. The van der Waals surface area contributed by atoms with Crippen LogP contribution in [0.3, 0.4) is 0 Å². The van der Waals surface area contributed by atoms with E-state index in [1.54, 1.807) is 12.1 Å². The van der Waals surface area contributed by atoms with Gasteiger partial charge < -0.3 is 9.84 Å². The number of benzene rings is 2. The third-order valence-electron chi connectivity index (χ3n) is 7.07. The molecule has 0 amide bonds. The van der Waals surface area contributed by atoms with Crippen LogP contribution >= 0.6 is 0 Å². The summed E-state index contributed by atoms with van der Waals surface area (Å²) in [5, 5.41) is 10.1. The van der Waals surface area contributed by atoms with Gasteiger partial charge in [-0.05, 0) is 37.0 Å². The summed E-state index contributed by atoms with van der Waals surface area (Å²) in [6.45, 7) is 5.11. The van der Waals surface area contributed by atoms with Crippen LogP contribution in [0.4, 0.5) is 0 Å². The van der Waals surface area contributed by atoms with Crippen molar-refractivity contribution >= 4 is 0 Å². The molecule has 27 heavy (non-hydrogen) atoms. The molecule has 4 nitrogen and oxygen atoms in total. The first kappa shape index (κ1) is 17.2. The third kappa shape index (κ3) is 2.04. The minimum Gasteiger partial charge on any atom is -0.508 e. The van der Waals surface area contributed by atoms with E-state index in [0.29, 0.717) is 6.61 Å². The number of ether oxygens (including phenoxy) is 1. The van der Waals surface area contributed by atoms with Crippen LogP contribution in [0.15, 0.2) is 54.6 Å². The van der Waals surface area contributed by atoms with Gasteiger partial charge in [0, 0.05) is 16.4 Å². The molecule has 3 fully saturated rings. The minimum absolute atomic E-state index is 0.125. The molecule has 2 saturated heterocycles. The number of hydrogen-bond acceptors (Lipinski definition) is 4. The lowest BCUT2D eigenvalue weighted by Crippen LogP contribution is -2.76. The van der Waals surface area contributed by atoms with Gasteiger partial charge in [0.05, 0.1) is 6.61 Å². The normalized spacial score (nSPS) is 36.5. The highest BCUT2D eigenvalue weighted by atomic mass is 17.3. The molecule has 2 heterocycles. The number of hydrogen-bond donors (Lipinski definition) is 1. The van der Waals surface area contributed by atoms with Crippen molar-refractivity contribution in [3.05, 3.63) is 65.7 Å². The van der Waals surface area contributed by atoms with Crippen molar-refractivity contribution in [2.24, 2.45) is 10.8 Å². The van der Waals surface area contributed by atoms with Crippen LogP contribution in [0.1, 0.15) is 44.2 Å². The van der Waals surface area contributed by atoms with E-state index in [1.165, 1.54) is 5.56 Å². The Balaban J connectivity index is 1.67. The zero-order chi connectivity index (χ0) is 18.8. The molecular formula is C23H26O4. The average Bonchev–Trinajstić information content (AvgIpc) is 2.81. The Kier molecular flexibility index (Phi) is 3.55. The van der Waals surface area contributed by atoms with E-state index < -0.39 is 11.4 Å². The second-order valence-corrected chi connectivity index (χ2v) is 8.98. The van der Waals surface area contributed by atoms with Crippen LogP contribution in [-0.2, 0) is 26.7 Å². The van der Waals surface area contributed by atoms with Gasteiger partial charge in [-0.2, -0.15) is 4.89 Å². The molecular weight excluding hydrogens is 340 g/mol. The summed E-state index contributed by atoms with van der Waals surface area (Å²) in [5.74, 6) is -0.755. The zero-order valence-corrected chi connectivity index (χ0v) is 15.9. The third-order valence-corrected chi connectivity index (χ3v) is 7.07. The Hall–Kier alpha value is -1.88. The highest BCUT2D eigenvalue weighted by molar-refractivity contribution is 5.39. The molecule has 1 spiro atoms. The van der Waals surface area contributed by atoms with Crippen LogP contribution in [0.25, 0.3) is 0 Å². The molecule has 0 bridgehead atoms. The van der Waals surface area contributed by atoms with Gasteiger partial charge in [-0.25, -0.2) is 4.89 Å². The second-order valence-electron chi connectivity index (χ2n) is 8.98.